The monoisotopic (exact) mass is 332 g/mol. The molecule has 0 saturated heterocycles. The van der Waals surface area contributed by atoms with Gasteiger partial charge in [0.05, 0.1) is 13.2 Å². The average Bonchev–Trinajstić information content (AvgIpc) is 2.67. The highest BCUT2D eigenvalue weighted by molar-refractivity contribution is 5.45. The number of nitrogens with two attached hydrogens (primary N) is 1. The van der Waals surface area contributed by atoms with E-state index in [0.717, 1.165) is 17.0 Å². The van der Waals surface area contributed by atoms with Gasteiger partial charge in [-0.2, -0.15) is 0 Å². The molecule has 3 aromatic carbocycles. The zero-order valence-corrected chi connectivity index (χ0v) is 14.6. The highest BCUT2D eigenvalue weighted by Crippen LogP contribution is 2.28. The molecule has 0 aromatic heterocycles. The summed E-state index contributed by atoms with van der Waals surface area (Å²) < 4.78 is 5.28. The predicted molar refractivity (Wildman–Crippen MR) is 104 cm³/mol. The maximum atomic E-state index is 6.01. The molecule has 0 aliphatic carbocycles. The summed E-state index contributed by atoms with van der Waals surface area (Å²) in [7, 11) is 1.68. The molecule has 25 heavy (non-hydrogen) atoms. The van der Waals surface area contributed by atoms with E-state index in [2.05, 4.69) is 54.7 Å². The van der Waals surface area contributed by atoms with E-state index in [1.54, 1.807) is 7.11 Å². The van der Waals surface area contributed by atoms with Gasteiger partial charge in [0.1, 0.15) is 5.75 Å². The third kappa shape index (κ3) is 4.20. The molecular formula is C22H24N2O. The lowest BCUT2D eigenvalue weighted by molar-refractivity contribution is 0.414. The molecular weight excluding hydrogens is 308 g/mol. The lowest BCUT2D eigenvalue weighted by Gasteiger charge is -2.25. The van der Waals surface area contributed by atoms with E-state index in [9.17, 15) is 0 Å². The first-order valence-electron chi connectivity index (χ1n) is 8.48. The van der Waals surface area contributed by atoms with Crippen molar-refractivity contribution >= 4 is 5.69 Å². The number of hydrogen-bond donors (Lipinski definition) is 2. The zero-order valence-electron chi connectivity index (χ0n) is 14.6. The standard InChI is InChI=1S/C22H24N2O/c1-16(17-7-4-3-5-8-17)24-22(19-9-6-10-20(23)15-19)18-11-13-21(25-2)14-12-18/h3-16,22,24H,23H2,1-2H3/t16-,22?/m1/s1. The van der Waals surface area contributed by atoms with Gasteiger partial charge in [0.15, 0.2) is 0 Å². The largest absolute Gasteiger partial charge is 0.497 e. The van der Waals surface area contributed by atoms with Crippen molar-refractivity contribution in [3.05, 3.63) is 95.6 Å². The molecule has 3 aromatic rings. The molecule has 0 saturated carbocycles. The summed E-state index contributed by atoms with van der Waals surface area (Å²) in [4.78, 5) is 0. The molecule has 0 spiro atoms. The Morgan fingerprint density at radius 3 is 2.12 bits per heavy atom. The molecule has 0 aliphatic rings. The lowest BCUT2D eigenvalue weighted by Crippen LogP contribution is -2.25. The minimum Gasteiger partial charge on any atom is -0.497 e. The Labute approximate surface area is 149 Å². The molecule has 2 atom stereocenters. The van der Waals surface area contributed by atoms with E-state index in [4.69, 9.17) is 10.5 Å². The SMILES string of the molecule is COc1ccc(C(N[C@H](C)c2ccccc2)c2cccc(N)c2)cc1. The summed E-state index contributed by atoms with van der Waals surface area (Å²) in [5, 5.41) is 3.73. The predicted octanol–water partition coefficient (Wildman–Crippen LogP) is 4.72. The average molecular weight is 332 g/mol. The molecule has 0 amide bonds. The quantitative estimate of drug-likeness (QED) is 0.642. The van der Waals surface area contributed by atoms with Gasteiger partial charge in [-0.05, 0) is 47.9 Å². The third-order valence-electron chi connectivity index (χ3n) is 4.41. The van der Waals surface area contributed by atoms with Crippen LogP contribution in [0.4, 0.5) is 5.69 Å². The highest BCUT2D eigenvalue weighted by atomic mass is 16.5. The number of nitrogen functional groups attached to an aromatic ring is 1. The molecule has 0 aliphatic heterocycles. The van der Waals surface area contributed by atoms with E-state index < -0.39 is 0 Å². The van der Waals surface area contributed by atoms with Crippen molar-refractivity contribution in [1.82, 2.24) is 5.32 Å². The topological polar surface area (TPSA) is 47.3 Å². The minimum atomic E-state index is 0.0459. The van der Waals surface area contributed by atoms with Gasteiger partial charge in [-0.3, -0.25) is 5.32 Å². The molecule has 0 heterocycles. The fourth-order valence-corrected chi connectivity index (χ4v) is 3.01. The van der Waals surface area contributed by atoms with Gasteiger partial charge in [0.25, 0.3) is 0 Å². The van der Waals surface area contributed by atoms with Crippen LogP contribution in [0.25, 0.3) is 0 Å². The number of benzene rings is 3. The van der Waals surface area contributed by atoms with Crippen molar-refractivity contribution in [3.8, 4) is 5.75 Å². The second-order valence-electron chi connectivity index (χ2n) is 6.18. The van der Waals surface area contributed by atoms with Crippen molar-refractivity contribution in [2.75, 3.05) is 12.8 Å². The molecule has 3 rings (SSSR count). The Kier molecular flexibility index (Phi) is 5.36. The van der Waals surface area contributed by atoms with Crippen LogP contribution in [0.15, 0.2) is 78.9 Å². The number of hydrogen-bond acceptors (Lipinski definition) is 3. The van der Waals surface area contributed by atoms with Crippen LogP contribution in [0.1, 0.15) is 35.7 Å². The molecule has 0 bridgehead atoms. The lowest BCUT2D eigenvalue weighted by atomic mass is 9.96. The maximum absolute atomic E-state index is 6.01. The first kappa shape index (κ1) is 17.1. The van der Waals surface area contributed by atoms with Gasteiger partial charge in [0, 0.05) is 11.7 Å². The number of rotatable bonds is 6. The van der Waals surface area contributed by atoms with Crippen LogP contribution in [-0.4, -0.2) is 7.11 Å². The van der Waals surface area contributed by atoms with E-state index in [1.807, 2.05) is 36.4 Å². The first-order valence-corrected chi connectivity index (χ1v) is 8.48. The van der Waals surface area contributed by atoms with Crippen LogP contribution >= 0.6 is 0 Å². The number of nitrogens with one attached hydrogen (secondary N) is 1. The molecule has 3 nitrogen and oxygen atoms in total. The van der Waals surface area contributed by atoms with Gasteiger partial charge >= 0.3 is 0 Å². The van der Waals surface area contributed by atoms with Crippen molar-refractivity contribution in [3.63, 3.8) is 0 Å². The van der Waals surface area contributed by atoms with Crippen LogP contribution in [-0.2, 0) is 0 Å². The Morgan fingerprint density at radius 1 is 0.800 bits per heavy atom. The van der Waals surface area contributed by atoms with Gasteiger partial charge < -0.3 is 10.5 Å². The highest BCUT2D eigenvalue weighted by Gasteiger charge is 2.18. The molecule has 128 valence electrons. The van der Waals surface area contributed by atoms with Gasteiger partial charge in [-0.15, -0.1) is 0 Å². The third-order valence-corrected chi connectivity index (χ3v) is 4.41. The van der Waals surface area contributed by atoms with Crippen molar-refractivity contribution in [2.24, 2.45) is 0 Å². The van der Waals surface area contributed by atoms with Crippen molar-refractivity contribution in [1.29, 1.82) is 0 Å². The summed E-state index contributed by atoms with van der Waals surface area (Å²) in [6, 6.07) is 26.9. The van der Waals surface area contributed by atoms with Crippen LogP contribution in [0.5, 0.6) is 5.75 Å². The van der Waals surface area contributed by atoms with Crippen LogP contribution in [0, 0.1) is 0 Å². The molecule has 3 heteroatoms. The van der Waals surface area contributed by atoms with Gasteiger partial charge in [-0.1, -0.05) is 54.6 Å². The van der Waals surface area contributed by atoms with E-state index >= 15 is 0 Å². The van der Waals surface area contributed by atoms with E-state index in [-0.39, 0.29) is 12.1 Å². The number of ether oxygens (including phenoxy) is 1. The molecule has 1 unspecified atom stereocenters. The number of anilines is 1. The zero-order chi connectivity index (χ0) is 17.6. The minimum absolute atomic E-state index is 0.0459. The summed E-state index contributed by atoms with van der Waals surface area (Å²) in [5.74, 6) is 0.853. The second-order valence-corrected chi connectivity index (χ2v) is 6.18. The fourth-order valence-electron chi connectivity index (χ4n) is 3.01. The Bertz CT molecular complexity index is 800. The van der Waals surface area contributed by atoms with Crippen molar-refractivity contribution in [2.45, 2.75) is 19.0 Å². The molecule has 0 fully saturated rings. The summed E-state index contributed by atoms with van der Waals surface area (Å²) in [6.45, 7) is 2.18. The summed E-state index contributed by atoms with van der Waals surface area (Å²) >= 11 is 0. The Hall–Kier alpha value is -2.78. The summed E-state index contributed by atoms with van der Waals surface area (Å²) in [5.41, 5.74) is 10.4. The second kappa shape index (κ2) is 7.86. The van der Waals surface area contributed by atoms with Crippen LogP contribution in [0.3, 0.4) is 0 Å². The van der Waals surface area contributed by atoms with Crippen LogP contribution in [0.2, 0.25) is 0 Å². The summed E-state index contributed by atoms with van der Waals surface area (Å²) in [6.07, 6.45) is 0. The van der Waals surface area contributed by atoms with Gasteiger partial charge in [-0.25, -0.2) is 0 Å². The Morgan fingerprint density at radius 2 is 1.48 bits per heavy atom. The molecule has 0 radical (unpaired) electrons. The van der Waals surface area contributed by atoms with Crippen molar-refractivity contribution < 1.29 is 4.74 Å². The van der Waals surface area contributed by atoms with E-state index in [0.29, 0.717) is 0 Å². The Balaban J connectivity index is 1.93. The first-order chi connectivity index (χ1) is 12.2. The normalized spacial score (nSPS) is 13.2. The smallest absolute Gasteiger partial charge is 0.118 e. The fraction of sp³-hybridized carbons (Fsp3) is 0.182. The number of methoxy groups -OCH3 is 1. The van der Waals surface area contributed by atoms with Gasteiger partial charge in [0.2, 0.25) is 0 Å². The van der Waals surface area contributed by atoms with Crippen LogP contribution < -0.4 is 15.8 Å². The molecule has 3 N–H and O–H groups in total. The maximum Gasteiger partial charge on any atom is 0.118 e. The van der Waals surface area contributed by atoms with E-state index in [1.165, 1.54) is 11.1 Å².